The van der Waals surface area contributed by atoms with Gasteiger partial charge >= 0.3 is 5.97 Å². The van der Waals surface area contributed by atoms with E-state index in [0.717, 1.165) is 48.3 Å². The van der Waals surface area contributed by atoms with E-state index in [1.54, 1.807) is 0 Å². The first-order valence-corrected chi connectivity index (χ1v) is 11.3. The van der Waals surface area contributed by atoms with Crippen LogP contribution in [0.3, 0.4) is 0 Å². The summed E-state index contributed by atoms with van der Waals surface area (Å²) in [7, 11) is 0. The van der Waals surface area contributed by atoms with Crippen LogP contribution in [0.1, 0.15) is 48.4 Å². The fraction of sp³-hybridized carbons (Fsp3) is 0.462. The van der Waals surface area contributed by atoms with Crippen LogP contribution in [0.2, 0.25) is 0 Å². The molecule has 5 nitrogen and oxygen atoms in total. The van der Waals surface area contributed by atoms with Gasteiger partial charge in [0.15, 0.2) is 12.6 Å². The van der Waals surface area contributed by atoms with Crippen molar-refractivity contribution in [3.8, 4) is 0 Å². The fourth-order valence-electron chi connectivity index (χ4n) is 4.99. The molecule has 5 heteroatoms. The molecule has 166 valence electrons. The molecule has 0 aliphatic carbocycles. The van der Waals surface area contributed by atoms with Crippen molar-refractivity contribution in [3.63, 3.8) is 0 Å². The lowest BCUT2D eigenvalue weighted by molar-refractivity contribution is -0.924. The number of quaternary nitrogens is 1. The van der Waals surface area contributed by atoms with Crippen molar-refractivity contribution in [3.05, 3.63) is 64.7 Å². The molecule has 31 heavy (non-hydrogen) atoms. The van der Waals surface area contributed by atoms with Crippen molar-refractivity contribution in [2.45, 2.75) is 59.6 Å². The molecule has 1 N–H and O–H groups in total. The number of amides is 1. The number of carbonyl (C=O) groups excluding carboxylic acids is 2. The van der Waals surface area contributed by atoms with Crippen molar-refractivity contribution in [2.24, 2.45) is 0 Å². The van der Waals surface area contributed by atoms with Crippen LogP contribution < -0.4 is 5.32 Å². The molecule has 1 fully saturated rings. The summed E-state index contributed by atoms with van der Waals surface area (Å²) in [6.07, 6.45) is 2.73. The summed E-state index contributed by atoms with van der Waals surface area (Å²) in [5, 5.41) is 3.18. The van der Waals surface area contributed by atoms with Crippen molar-refractivity contribution in [1.82, 2.24) is 0 Å². The van der Waals surface area contributed by atoms with Gasteiger partial charge in [-0.1, -0.05) is 55.0 Å². The zero-order chi connectivity index (χ0) is 22.4. The molecule has 1 atom stereocenters. The van der Waals surface area contributed by atoms with E-state index in [1.165, 1.54) is 5.56 Å². The summed E-state index contributed by atoms with van der Waals surface area (Å²) >= 11 is 0. The predicted octanol–water partition coefficient (Wildman–Crippen LogP) is 4.68. The first-order valence-electron chi connectivity index (χ1n) is 11.3. The summed E-state index contributed by atoms with van der Waals surface area (Å²) in [6.45, 7) is 10.3. The van der Waals surface area contributed by atoms with Gasteiger partial charge in [0, 0.05) is 24.9 Å². The molecular weight excluding hydrogens is 388 g/mol. The number of hydrogen-bond donors (Lipinski definition) is 1. The van der Waals surface area contributed by atoms with Gasteiger partial charge in [0.05, 0.1) is 13.1 Å². The topological polar surface area (TPSA) is 55.4 Å². The van der Waals surface area contributed by atoms with E-state index in [1.807, 2.05) is 51.1 Å². The van der Waals surface area contributed by atoms with Gasteiger partial charge in [-0.3, -0.25) is 4.79 Å². The molecule has 1 unspecified atom stereocenters. The highest BCUT2D eigenvalue weighted by Crippen LogP contribution is 2.28. The third-order valence-corrected chi connectivity index (χ3v) is 6.42. The number of aryl methyl sites for hydroxylation is 3. The summed E-state index contributed by atoms with van der Waals surface area (Å²) in [6, 6.07) is 13.6. The van der Waals surface area contributed by atoms with Gasteiger partial charge in [-0.2, -0.15) is 0 Å². The standard InChI is InChI=1S/C26H34N2O3/c1-5-23(26(30)27-25-20(3)15-19(2)16-21(25)4)28(13-9-10-14-28)17-24(29)31-18-22-11-7-6-8-12-22/h6-8,11-12,15-16,23H,5,9-10,13-14,17-18H2,1-4H3/p+1. The normalized spacial score (nSPS) is 16.0. The summed E-state index contributed by atoms with van der Waals surface area (Å²) in [4.78, 5) is 26.2. The van der Waals surface area contributed by atoms with Crippen LogP contribution in [0.25, 0.3) is 0 Å². The molecular formula is C26H35N2O3+. The minimum absolute atomic E-state index is 0.00434. The smallest absolute Gasteiger partial charge is 0.362 e. The summed E-state index contributed by atoms with van der Waals surface area (Å²) in [5.74, 6) is -0.241. The van der Waals surface area contributed by atoms with Crippen molar-refractivity contribution < 1.29 is 18.8 Å². The van der Waals surface area contributed by atoms with Crippen LogP contribution >= 0.6 is 0 Å². The van der Waals surface area contributed by atoms with Crippen LogP contribution in [-0.2, 0) is 20.9 Å². The van der Waals surface area contributed by atoms with Crippen LogP contribution in [0.15, 0.2) is 42.5 Å². The number of anilines is 1. The summed E-state index contributed by atoms with van der Waals surface area (Å²) in [5.41, 5.74) is 5.17. The van der Waals surface area contributed by atoms with E-state index in [4.69, 9.17) is 4.74 Å². The number of rotatable bonds is 8. The van der Waals surface area contributed by atoms with E-state index in [2.05, 4.69) is 24.4 Å². The second-order valence-electron chi connectivity index (χ2n) is 8.86. The Bertz CT molecular complexity index is 894. The molecule has 0 aromatic heterocycles. The molecule has 3 rings (SSSR count). The van der Waals surface area contributed by atoms with E-state index in [9.17, 15) is 9.59 Å². The monoisotopic (exact) mass is 423 g/mol. The van der Waals surface area contributed by atoms with Gasteiger partial charge in [0.1, 0.15) is 6.61 Å². The molecule has 1 aliphatic rings. The minimum Gasteiger partial charge on any atom is -0.457 e. The number of hydrogen-bond acceptors (Lipinski definition) is 3. The Balaban J connectivity index is 1.73. The first kappa shape index (κ1) is 23.0. The zero-order valence-corrected chi connectivity index (χ0v) is 19.2. The molecule has 1 aliphatic heterocycles. The molecule has 1 amide bonds. The van der Waals surface area contributed by atoms with Crippen LogP contribution in [0.5, 0.6) is 0 Å². The van der Waals surface area contributed by atoms with E-state index < -0.39 is 0 Å². The van der Waals surface area contributed by atoms with Crippen LogP contribution in [0.4, 0.5) is 5.69 Å². The van der Waals surface area contributed by atoms with Gasteiger partial charge in [-0.25, -0.2) is 4.79 Å². The van der Waals surface area contributed by atoms with Crippen molar-refractivity contribution in [2.75, 3.05) is 25.0 Å². The maximum Gasteiger partial charge on any atom is 0.362 e. The lowest BCUT2D eigenvalue weighted by Gasteiger charge is -2.39. The molecule has 2 aromatic carbocycles. The highest BCUT2D eigenvalue weighted by molar-refractivity contribution is 5.95. The largest absolute Gasteiger partial charge is 0.457 e. The van der Waals surface area contributed by atoms with Gasteiger partial charge in [-0.15, -0.1) is 0 Å². The quantitative estimate of drug-likeness (QED) is 0.495. The second kappa shape index (κ2) is 10.1. The number of nitrogens with zero attached hydrogens (tertiary/aromatic N) is 1. The maximum atomic E-state index is 13.4. The Morgan fingerprint density at radius 2 is 1.65 bits per heavy atom. The summed E-state index contributed by atoms with van der Waals surface area (Å²) < 4.78 is 6.06. The maximum absolute atomic E-state index is 13.4. The number of nitrogens with one attached hydrogen (secondary N) is 1. The lowest BCUT2D eigenvalue weighted by atomic mass is 10.0. The molecule has 1 heterocycles. The SMILES string of the molecule is CCC(C(=O)Nc1c(C)cc(C)cc1C)[N+]1(CC(=O)OCc2ccccc2)CCCC1. The Labute approximate surface area is 186 Å². The molecule has 2 aromatic rings. The Morgan fingerprint density at radius 3 is 2.23 bits per heavy atom. The molecule has 0 radical (unpaired) electrons. The number of carbonyl (C=O) groups is 2. The number of ether oxygens (including phenoxy) is 1. The van der Waals surface area contributed by atoms with Gasteiger partial charge < -0.3 is 14.5 Å². The molecule has 0 spiro atoms. The Hall–Kier alpha value is -2.66. The number of likely N-dealkylation sites (tertiary alicyclic amines) is 1. The lowest BCUT2D eigenvalue weighted by Crippen LogP contribution is -2.60. The average molecular weight is 424 g/mol. The highest BCUT2D eigenvalue weighted by Gasteiger charge is 2.45. The zero-order valence-electron chi connectivity index (χ0n) is 19.2. The molecule has 0 saturated carbocycles. The van der Waals surface area contributed by atoms with Gasteiger partial charge in [-0.05, 0) is 37.5 Å². The number of esters is 1. The molecule has 1 saturated heterocycles. The third kappa shape index (κ3) is 5.53. The number of benzene rings is 2. The van der Waals surface area contributed by atoms with Crippen LogP contribution in [0, 0.1) is 20.8 Å². The van der Waals surface area contributed by atoms with E-state index in [0.29, 0.717) is 10.9 Å². The fourth-order valence-corrected chi connectivity index (χ4v) is 4.99. The second-order valence-corrected chi connectivity index (χ2v) is 8.86. The Kier molecular flexibility index (Phi) is 7.50. The van der Waals surface area contributed by atoms with E-state index in [-0.39, 0.29) is 31.1 Å². The van der Waals surface area contributed by atoms with Gasteiger partial charge in [0.2, 0.25) is 0 Å². The first-order chi connectivity index (χ1) is 14.8. The van der Waals surface area contributed by atoms with Crippen LogP contribution in [-0.4, -0.2) is 42.0 Å². The van der Waals surface area contributed by atoms with Gasteiger partial charge in [0.25, 0.3) is 5.91 Å². The average Bonchev–Trinajstić information content (AvgIpc) is 3.19. The molecule has 0 bridgehead atoms. The predicted molar refractivity (Wildman–Crippen MR) is 124 cm³/mol. The Morgan fingerprint density at radius 1 is 1.03 bits per heavy atom. The van der Waals surface area contributed by atoms with E-state index >= 15 is 0 Å². The highest BCUT2D eigenvalue weighted by atomic mass is 16.5. The van der Waals surface area contributed by atoms with Crippen molar-refractivity contribution in [1.29, 1.82) is 0 Å². The third-order valence-electron chi connectivity index (χ3n) is 6.42. The minimum atomic E-state index is -0.271. The van der Waals surface area contributed by atoms with Crippen molar-refractivity contribution >= 4 is 17.6 Å².